The lowest BCUT2D eigenvalue weighted by atomic mass is 9.91. The second-order valence-corrected chi connectivity index (χ2v) is 12.8. The third kappa shape index (κ3) is 5.48. The van der Waals surface area contributed by atoms with Gasteiger partial charge >= 0.3 is 0 Å². The number of hydrogen-bond acceptors (Lipinski definition) is 1. The summed E-state index contributed by atoms with van der Waals surface area (Å²) in [5, 5.41) is 2.54. The zero-order chi connectivity index (χ0) is 32.6. The van der Waals surface area contributed by atoms with Crippen molar-refractivity contribution in [1.82, 2.24) is 9.55 Å². The maximum absolute atomic E-state index is 5.24. The summed E-state index contributed by atoms with van der Waals surface area (Å²) in [5.41, 5.74) is 13.8. The predicted molar refractivity (Wildman–Crippen MR) is 206 cm³/mol. The molecule has 0 aliphatic heterocycles. The molecule has 0 N–H and O–H groups in total. The fourth-order valence-electron chi connectivity index (χ4n) is 7.19. The minimum absolute atomic E-state index is 0.421. The van der Waals surface area contributed by atoms with Crippen LogP contribution in [0.4, 0.5) is 0 Å². The maximum atomic E-state index is 5.24. The van der Waals surface area contributed by atoms with Crippen LogP contribution in [0.5, 0.6) is 0 Å². The van der Waals surface area contributed by atoms with E-state index in [1.54, 1.807) is 0 Å². The molecule has 0 saturated heterocycles. The molecule has 1 unspecified atom stereocenters. The normalized spacial score (nSPS) is 14.1. The average Bonchev–Trinajstić information content (AvgIpc) is 3.53. The Morgan fingerprint density at radius 3 is 1.57 bits per heavy atom. The minimum Gasteiger partial charge on any atom is -0.309 e. The lowest BCUT2D eigenvalue weighted by molar-refractivity contribution is 0.854. The van der Waals surface area contributed by atoms with Gasteiger partial charge in [-0.3, -0.25) is 0 Å². The van der Waals surface area contributed by atoms with Gasteiger partial charge < -0.3 is 4.57 Å². The molecule has 2 aromatic heterocycles. The molecule has 8 aromatic rings. The molecule has 2 nitrogen and oxygen atoms in total. The number of benzene rings is 6. The highest BCUT2D eigenvalue weighted by atomic mass is 15.0. The number of allylic oxidation sites excluding steroid dienone is 4. The molecule has 9 rings (SSSR count). The minimum atomic E-state index is 0.421. The number of pyridine rings is 1. The van der Waals surface area contributed by atoms with Crippen LogP contribution in [0.2, 0.25) is 0 Å². The molecule has 0 spiro atoms. The highest BCUT2D eigenvalue weighted by Crippen LogP contribution is 2.35. The van der Waals surface area contributed by atoms with Gasteiger partial charge in [0, 0.05) is 33.5 Å². The van der Waals surface area contributed by atoms with Gasteiger partial charge in [-0.2, -0.15) is 0 Å². The van der Waals surface area contributed by atoms with Crippen LogP contribution in [0.15, 0.2) is 188 Å². The number of hydrogen-bond donors (Lipinski definition) is 0. The molecule has 1 aliphatic carbocycles. The van der Waals surface area contributed by atoms with E-state index in [4.69, 9.17) is 4.98 Å². The molecular weight excluding hydrogens is 593 g/mol. The number of nitrogens with zero attached hydrogens (tertiary/aromatic N) is 2. The average molecular weight is 627 g/mol. The van der Waals surface area contributed by atoms with Crippen molar-refractivity contribution in [3.63, 3.8) is 0 Å². The summed E-state index contributed by atoms with van der Waals surface area (Å²) in [6, 6.07) is 59.0. The van der Waals surface area contributed by atoms with E-state index in [0.717, 1.165) is 45.7 Å². The van der Waals surface area contributed by atoms with E-state index in [0.29, 0.717) is 5.92 Å². The van der Waals surface area contributed by atoms with Crippen molar-refractivity contribution >= 4 is 21.8 Å². The molecule has 6 aromatic carbocycles. The van der Waals surface area contributed by atoms with E-state index >= 15 is 0 Å². The van der Waals surface area contributed by atoms with Gasteiger partial charge in [-0.05, 0) is 70.6 Å². The van der Waals surface area contributed by atoms with Crippen molar-refractivity contribution in [2.45, 2.75) is 12.3 Å². The maximum Gasteiger partial charge on any atom is 0.0715 e. The molecule has 0 radical (unpaired) electrons. The smallest absolute Gasteiger partial charge is 0.0715 e. The van der Waals surface area contributed by atoms with E-state index in [1.165, 1.54) is 38.5 Å². The van der Waals surface area contributed by atoms with Crippen molar-refractivity contribution < 1.29 is 0 Å². The van der Waals surface area contributed by atoms with Crippen LogP contribution in [0.25, 0.3) is 72.3 Å². The van der Waals surface area contributed by atoms with E-state index in [-0.39, 0.29) is 0 Å². The molecule has 0 fully saturated rings. The summed E-state index contributed by atoms with van der Waals surface area (Å²) >= 11 is 0. The second kappa shape index (κ2) is 12.4. The molecule has 232 valence electrons. The van der Waals surface area contributed by atoms with E-state index in [9.17, 15) is 0 Å². The fraction of sp³-hybridized carbons (Fsp3) is 0.0426. The molecule has 0 saturated carbocycles. The Bertz CT molecular complexity index is 2430. The summed E-state index contributed by atoms with van der Waals surface area (Å²) in [6.45, 7) is 0. The Kier molecular flexibility index (Phi) is 7.33. The molecule has 1 atom stereocenters. The van der Waals surface area contributed by atoms with Crippen LogP contribution in [0.1, 0.15) is 17.9 Å². The molecule has 2 heteroatoms. The van der Waals surface area contributed by atoms with Crippen LogP contribution in [0, 0.1) is 0 Å². The van der Waals surface area contributed by atoms with Gasteiger partial charge in [-0.1, -0.05) is 152 Å². The standard InChI is InChI=1S/C47H34N2/c1-3-11-33(12-4-1)35-19-23-38(24-20-35)44-31-40(32-45(48-44)39-25-21-36(22-26-39)34-13-5-2-6-14-34)37-27-29-41(30-28-37)49-46-17-9-7-15-42(46)43-16-8-10-18-47(43)49/h1-13,15-32,34H,14H2. The lowest BCUT2D eigenvalue weighted by Crippen LogP contribution is -1.97. The second-order valence-electron chi connectivity index (χ2n) is 12.8. The summed E-state index contributed by atoms with van der Waals surface area (Å²) in [6.07, 6.45) is 9.84. The van der Waals surface area contributed by atoms with E-state index < -0.39 is 0 Å². The number of para-hydroxylation sites is 2. The number of rotatable bonds is 6. The van der Waals surface area contributed by atoms with E-state index in [1.807, 2.05) is 0 Å². The van der Waals surface area contributed by atoms with E-state index in [2.05, 4.69) is 193 Å². The van der Waals surface area contributed by atoms with Gasteiger partial charge in [0.05, 0.1) is 22.4 Å². The van der Waals surface area contributed by atoms with Crippen LogP contribution < -0.4 is 0 Å². The first-order chi connectivity index (χ1) is 24.3. The third-order valence-corrected chi connectivity index (χ3v) is 9.77. The summed E-state index contributed by atoms with van der Waals surface area (Å²) in [7, 11) is 0. The predicted octanol–water partition coefficient (Wildman–Crippen LogP) is 12.4. The Balaban J connectivity index is 1.12. The summed E-state index contributed by atoms with van der Waals surface area (Å²) in [4.78, 5) is 5.24. The largest absolute Gasteiger partial charge is 0.309 e. The molecular formula is C47H34N2. The SMILES string of the molecule is C1=CCC(c2ccc(-c3cc(-c4ccc(-n5c6ccccc6c6ccccc65)cc4)cc(-c4ccc(-c5ccccc5)cc4)n3)cc2)C=C1. The molecule has 1 aliphatic rings. The molecule has 2 heterocycles. The third-order valence-electron chi connectivity index (χ3n) is 9.77. The van der Waals surface area contributed by atoms with Gasteiger partial charge in [-0.25, -0.2) is 4.98 Å². The molecule has 0 amide bonds. The van der Waals surface area contributed by atoms with Crippen LogP contribution in [0.3, 0.4) is 0 Å². The summed E-state index contributed by atoms with van der Waals surface area (Å²) in [5.74, 6) is 0.421. The van der Waals surface area contributed by atoms with Gasteiger partial charge in [0.15, 0.2) is 0 Å². The van der Waals surface area contributed by atoms with Crippen LogP contribution >= 0.6 is 0 Å². The van der Waals surface area contributed by atoms with Crippen molar-refractivity contribution in [3.05, 3.63) is 194 Å². The van der Waals surface area contributed by atoms with Crippen LogP contribution in [-0.2, 0) is 0 Å². The molecule has 0 bridgehead atoms. The highest BCUT2D eigenvalue weighted by molar-refractivity contribution is 6.09. The topological polar surface area (TPSA) is 17.8 Å². The van der Waals surface area contributed by atoms with Gasteiger partial charge in [-0.15, -0.1) is 0 Å². The summed E-state index contributed by atoms with van der Waals surface area (Å²) < 4.78 is 2.37. The first-order valence-electron chi connectivity index (χ1n) is 17.0. The van der Waals surface area contributed by atoms with Crippen molar-refractivity contribution in [2.24, 2.45) is 0 Å². The number of aromatic nitrogens is 2. The Hall–Kier alpha value is -6.25. The first-order valence-corrected chi connectivity index (χ1v) is 17.0. The highest BCUT2D eigenvalue weighted by Gasteiger charge is 2.14. The van der Waals surface area contributed by atoms with Crippen LogP contribution in [-0.4, -0.2) is 9.55 Å². The monoisotopic (exact) mass is 626 g/mol. The van der Waals surface area contributed by atoms with Crippen molar-refractivity contribution in [3.8, 4) is 50.5 Å². The van der Waals surface area contributed by atoms with Gasteiger partial charge in [0.1, 0.15) is 0 Å². The zero-order valence-electron chi connectivity index (χ0n) is 27.1. The Morgan fingerprint density at radius 2 is 0.959 bits per heavy atom. The fourth-order valence-corrected chi connectivity index (χ4v) is 7.19. The zero-order valence-corrected chi connectivity index (χ0v) is 27.1. The van der Waals surface area contributed by atoms with Crippen molar-refractivity contribution in [1.29, 1.82) is 0 Å². The van der Waals surface area contributed by atoms with Gasteiger partial charge in [0.25, 0.3) is 0 Å². The Morgan fingerprint density at radius 1 is 0.449 bits per heavy atom. The van der Waals surface area contributed by atoms with Gasteiger partial charge in [0.2, 0.25) is 0 Å². The Labute approximate surface area is 287 Å². The quantitative estimate of drug-likeness (QED) is 0.180. The lowest BCUT2D eigenvalue weighted by Gasteiger charge is -2.15. The van der Waals surface area contributed by atoms with Crippen molar-refractivity contribution in [2.75, 3.05) is 0 Å². The molecule has 49 heavy (non-hydrogen) atoms. The number of fused-ring (bicyclic) bond motifs is 3. The first kappa shape index (κ1) is 28.9.